The lowest BCUT2D eigenvalue weighted by molar-refractivity contribution is -0.125. The highest BCUT2D eigenvalue weighted by Crippen LogP contribution is 2.29. The van der Waals surface area contributed by atoms with Crippen LogP contribution >= 0.6 is 23.2 Å². The minimum Gasteiger partial charge on any atom is -0.352 e. The number of pyridine rings is 1. The smallest absolute Gasteiger partial charge is 0.258 e. The van der Waals surface area contributed by atoms with Gasteiger partial charge in [-0.3, -0.25) is 14.6 Å². The fraction of sp³-hybridized carbons (Fsp3) is 0.387. The molecule has 0 radical (unpaired) electrons. The summed E-state index contributed by atoms with van der Waals surface area (Å²) >= 11 is 12.2. The largest absolute Gasteiger partial charge is 0.352 e. The number of hydrogen-bond donors (Lipinski definition) is 3. The molecule has 1 fully saturated rings. The van der Waals surface area contributed by atoms with E-state index in [0.717, 1.165) is 22.2 Å². The van der Waals surface area contributed by atoms with E-state index in [1.165, 1.54) is 30.6 Å². The Kier molecular flexibility index (Phi) is 10.9. The summed E-state index contributed by atoms with van der Waals surface area (Å²) in [5, 5.41) is 9.36. The topological polar surface area (TPSA) is 155 Å². The number of nitrogens with zero attached hydrogens (tertiary/aromatic N) is 2. The molecule has 0 bridgehead atoms. The van der Waals surface area contributed by atoms with Crippen molar-refractivity contribution >= 4 is 60.6 Å². The number of amides is 2. The van der Waals surface area contributed by atoms with Gasteiger partial charge in [0, 0.05) is 48.5 Å². The first-order valence-corrected chi connectivity index (χ1v) is 18.5. The molecule has 0 saturated carbocycles. The second-order valence-electron chi connectivity index (χ2n) is 12.3. The zero-order valence-electron chi connectivity index (χ0n) is 26.0. The third-order valence-corrected chi connectivity index (χ3v) is 10.9. The highest BCUT2D eigenvalue weighted by Gasteiger charge is 2.47. The van der Waals surface area contributed by atoms with Gasteiger partial charge in [-0.25, -0.2) is 16.8 Å². The predicted molar refractivity (Wildman–Crippen MR) is 178 cm³/mol. The Morgan fingerprint density at radius 1 is 1.00 bits per heavy atom. The zero-order valence-corrected chi connectivity index (χ0v) is 29.2. The van der Waals surface area contributed by atoms with Crippen LogP contribution in [0.25, 0.3) is 0 Å². The Hall–Kier alpha value is -3.07. The summed E-state index contributed by atoms with van der Waals surface area (Å²) in [6.45, 7) is 7.70. The number of halogens is 2. The number of carbonyl (C=O) groups excluding carboxylic acids is 2. The maximum atomic E-state index is 13.8. The van der Waals surface area contributed by atoms with Crippen molar-refractivity contribution < 1.29 is 26.4 Å². The SMILES string of the molecule is C[C@H](Cc1ccc(NC(=O)c2c(Cl)cncc2Cl)cc1)NC(=O)[C@@H]1[C@@H](NC(C)(C)C)CCN1S(=O)(=O)c1cccc(S(C)(=O)=O)c1. The summed E-state index contributed by atoms with van der Waals surface area (Å²) in [7, 11) is -7.88. The van der Waals surface area contributed by atoms with Crippen LogP contribution in [0.3, 0.4) is 0 Å². The van der Waals surface area contributed by atoms with Crippen LogP contribution in [-0.4, -0.2) is 74.4 Å². The molecular weight excluding hydrogens is 673 g/mol. The van der Waals surface area contributed by atoms with Crippen LogP contribution in [0.15, 0.2) is 70.7 Å². The van der Waals surface area contributed by atoms with Gasteiger partial charge in [0.25, 0.3) is 5.91 Å². The lowest BCUT2D eigenvalue weighted by atomic mass is 10.0. The monoisotopic (exact) mass is 709 g/mol. The van der Waals surface area contributed by atoms with E-state index < -0.39 is 49.3 Å². The first-order valence-electron chi connectivity index (χ1n) is 14.5. The molecule has 2 heterocycles. The van der Waals surface area contributed by atoms with Gasteiger partial charge in [0.2, 0.25) is 15.9 Å². The second kappa shape index (κ2) is 14.0. The molecule has 11 nitrogen and oxygen atoms in total. The first kappa shape index (κ1) is 35.8. The highest BCUT2D eigenvalue weighted by molar-refractivity contribution is 7.91. The average molecular weight is 711 g/mol. The molecular formula is C31H37Cl2N5O6S2. The Balaban J connectivity index is 1.49. The molecule has 3 aromatic rings. The molecule has 0 spiro atoms. The predicted octanol–water partition coefficient (Wildman–Crippen LogP) is 4.31. The molecule has 4 rings (SSSR count). The number of hydrogen-bond acceptors (Lipinski definition) is 8. The number of sulfone groups is 1. The van der Waals surface area contributed by atoms with E-state index in [1.807, 2.05) is 27.7 Å². The second-order valence-corrected chi connectivity index (χ2v) is 17.1. The Morgan fingerprint density at radius 2 is 1.61 bits per heavy atom. The average Bonchev–Trinajstić information content (AvgIpc) is 3.36. The number of rotatable bonds is 10. The van der Waals surface area contributed by atoms with Crippen molar-refractivity contribution in [3.63, 3.8) is 0 Å². The van der Waals surface area contributed by atoms with Crippen molar-refractivity contribution in [3.05, 3.63) is 82.1 Å². The van der Waals surface area contributed by atoms with Crippen LogP contribution in [0.5, 0.6) is 0 Å². The molecule has 46 heavy (non-hydrogen) atoms. The summed E-state index contributed by atoms with van der Waals surface area (Å²) in [4.78, 5) is 30.0. The summed E-state index contributed by atoms with van der Waals surface area (Å²) in [6, 6.07) is 10.3. The Bertz CT molecular complexity index is 1810. The third kappa shape index (κ3) is 8.64. The third-order valence-electron chi connectivity index (χ3n) is 7.30. The molecule has 0 unspecified atom stereocenters. The zero-order chi connectivity index (χ0) is 34.0. The molecule has 248 valence electrons. The van der Waals surface area contributed by atoms with Crippen molar-refractivity contribution in [1.29, 1.82) is 0 Å². The van der Waals surface area contributed by atoms with Gasteiger partial charge < -0.3 is 16.0 Å². The van der Waals surface area contributed by atoms with Gasteiger partial charge in [-0.15, -0.1) is 0 Å². The van der Waals surface area contributed by atoms with Gasteiger partial charge in [0.05, 0.1) is 25.4 Å². The van der Waals surface area contributed by atoms with E-state index in [2.05, 4.69) is 20.9 Å². The minimum absolute atomic E-state index is 0.0781. The summed E-state index contributed by atoms with van der Waals surface area (Å²) in [5.74, 6) is -0.951. The van der Waals surface area contributed by atoms with Gasteiger partial charge in [0.1, 0.15) is 6.04 Å². The van der Waals surface area contributed by atoms with Crippen LogP contribution in [0.1, 0.15) is 50.0 Å². The van der Waals surface area contributed by atoms with E-state index in [4.69, 9.17) is 23.2 Å². The maximum Gasteiger partial charge on any atom is 0.258 e. The van der Waals surface area contributed by atoms with Crippen LogP contribution in [-0.2, 0) is 31.1 Å². The maximum absolute atomic E-state index is 13.8. The number of aromatic nitrogens is 1. The molecule has 3 N–H and O–H groups in total. The van der Waals surface area contributed by atoms with Gasteiger partial charge in [-0.05, 0) is 76.4 Å². The molecule has 1 aliphatic heterocycles. The van der Waals surface area contributed by atoms with Crippen molar-refractivity contribution in [1.82, 2.24) is 19.9 Å². The fourth-order valence-electron chi connectivity index (χ4n) is 5.33. The molecule has 1 aliphatic rings. The van der Waals surface area contributed by atoms with Crippen molar-refractivity contribution in [2.75, 3.05) is 18.1 Å². The van der Waals surface area contributed by atoms with Crippen molar-refractivity contribution in [3.8, 4) is 0 Å². The fourth-order valence-corrected chi connectivity index (χ4v) is 8.30. The molecule has 0 aliphatic carbocycles. The highest BCUT2D eigenvalue weighted by atomic mass is 35.5. The first-order chi connectivity index (χ1) is 21.4. The number of nitrogens with one attached hydrogen (secondary N) is 3. The number of carbonyl (C=O) groups is 2. The number of sulfonamides is 1. The van der Waals surface area contributed by atoms with Gasteiger partial charge in [-0.1, -0.05) is 41.4 Å². The van der Waals surface area contributed by atoms with Gasteiger partial charge in [-0.2, -0.15) is 4.31 Å². The van der Waals surface area contributed by atoms with E-state index in [0.29, 0.717) is 18.5 Å². The summed E-state index contributed by atoms with van der Waals surface area (Å²) < 4.78 is 53.1. The van der Waals surface area contributed by atoms with Gasteiger partial charge in [0.15, 0.2) is 9.84 Å². The lowest BCUT2D eigenvalue weighted by Gasteiger charge is -2.32. The summed E-state index contributed by atoms with van der Waals surface area (Å²) in [6.07, 6.45) is 4.49. The quantitative estimate of drug-likeness (QED) is 0.281. The molecule has 15 heteroatoms. The van der Waals surface area contributed by atoms with Crippen LogP contribution < -0.4 is 16.0 Å². The van der Waals surface area contributed by atoms with Crippen LogP contribution in [0, 0.1) is 0 Å². The van der Waals surface area contributed by atoms with Crippen molar-refractivity contribution in [2.24, 2.45) is 0 Å². The van der Waals surface area contributed by atoms with Crippen LogP contribution in [0.2, 0.25) is 10.0 Å². The van der Waals surface area contributed by atoms with Crippen molar-refractivity contribution in [2.45, 2.75) is 74.0 Å². The number of anilines is 1. The standard InChI is InChI=1S/C31H37Cl2N5O6S2/c1-19(15-20-9-11-21(12-10-20)36-29(39)27-24(32)17-34-18-25(27)33)35-30(40)28-26(37-31(2,3)4)13-14-38(28)46(43,44)23-8-6-7-22(16-23)45(5,41)42/h6-12,16-19,26,28,37H,13-15H2,1-5H3,(H,35,40)(H,36,39)/t19-,26+,28+/m1/s1. The molecule has 2 amide bonds. The Labute approximate surface area is 280 Å². The van der Waals surface area contributed by atoms with E-state index >= 15 is 0 Å². The van der Waals surface area contributed by atoms with Crippen LogP contribution in [0.4, 0.5) is 5.69 Å². The van der Waals surface area contributed by atoms with Gasteiger partial charge >= 0.3 is 0 Å². The lowest BCUT2D eigenvalue weighted by Crippen LogP contribution is -2.58. The molecule has 3 atom stereocenters. The Morgan fingerprint density at radius 3 is 2.20 bits per heavy atom. The summed E-state index contributed by atoms with van der Waals surface area (Å²) in [5.41, 5.74) is 1.08. The molecule has 2 aromatic carbocycles. The van der Waals surface area contributed by atoms with E-state index in [-0.39, 0.29) is 38.0 Å². The minimum atomic E-state index is -4.23. The number of benzene rings is 2. The normalized spacial score (nSPS) is 18.2. The molecule has 1 saturated heterocycles. The molecule has 1 aromatic heterocycles. The van der Waals surface area contributed by atoms with E-state index in [9.17, 15) is 26.4 Å². The van der Waals surface area contributed by atoms with E-state index in [1.54, 1.807) is 24.3 Å².